The molecule has 0 aromatic carbocycles. The van der Waals surface area contributed by atoms with Crippen LogP contribution in [0.3, 0.4) is 0 Å². The van der Waals surface area contributed by atoms with Gasteiger partial charge in [-0.25, -0.2) is 8.42 Å². The van der Waals surface area contributed by atoms with Crippen molar-refractivity contribution in [2.45, 2.75) is 45.8 Å². The van der Waals surface area contributed by atoms with Crippen molar-refractivity contribution in [2.75, 3.05) is 18.1 Å². The number of carbonyl (C=O) groups is 1. The average Bonchev–Trinajstić information content (AvgIpc) is 3.27. The van der Waals surface area contributed by atoms with Gasteiger partial charge in [0.15, 0.2) is 9.84 Å². The highest BCUT2D eigenvalue weighted by Crippen LogP contribution is 2.30. The van der Waals surface area contributed by atoms with Gasteiger partial charge in [0.25, 0.3) is 5.91 Å². The zero-order valence-corrected chi connectivity index (χ0v) is 17.1. The third-order valence-electron chi connectivity index (χ3n) is 5.40. The second-order valence-electron chi connectivity index (χ2n) is 7.39. The lowest BCUT2D eigenvalue weighted by atomic mass is 10.0. The Kier molecular flexibility index (Phi) is 4.85. The molecular weight excluding hydrogens is 386 g/mol. The number of hydrogen-bond donors (Lipinski definition) is 1. The lowest BCUT2D eigenvalue weighted by molar-refractivity contribution is 0.0940. The van der Waals surface area contributed by atoms with Gasteiger partial charge in [-0.1, -0.05) is 5.16 Å². The number of amides is 1. The summed E-state index contributed by atoms with van der Waals surface area (Å²) in [6, 6.07) is -0.266. The van der Waals surface area contributed by atoms with Crippen molar-refractivity contribution in [3.63, 3.8) is 0 Å². The molecule has 27 heavy (non-hydrogen) atoms. The van der Waals surface area contributed by atoms with Gasteiger partial charge in [-0.15, -0.1) is 11.3 Å². The van der Waals surface area contributed by atoms with Crippen LogP contribution in [0.1, 0.15) is 44.2 Å². The molecular formula is C18H23N3O4S2. The Bertz CT molecular complexity index is 957. The van der Waals surface area contributed by atoms with Crippen LogP contribution in [0.4, 0.5) is 0 Å². The van der Waals surface area contributed by atoms with E-state index in [0.29, 0.717) is 12.0 Å². The Balaban J connectivity index is 1.43. The van der Waals surface area contributed by atoms with Gasteiger partial charge in [-0.3, -0.25) is 9.69 Å². The number of carbonyl (C=O) groups excluding carboxylic acids is 1. The Morgan fingerprint density at radius 1 is 1.44 bits per heavy atom. The van der Waals surface area contributed by atoms with Crippen molar-refractivity contribution < 1.29 is 17.7 Å². The molecule has 4 heterocycles. The van der Waals surface area contributed by atoms with E-state index in [1.165, 1.54) is 4.88 Å². The van der Waals surface area contributed by atoms with E-state index in [9.17, 15) is 13.2 Å². The molecule has 0 bridgehead atoms. The number of nitrogens with zero attached hydrogens (tertiary/aromatic N) is 2. The van der Waals surface area contributed by atoms with E-state index in [4.69, 9.17) is 4.52 Å². The molecule has 1 unspecified atom stereocenters. The van der Waals surface area contributed by atoms with Crippen LogP contribution in [0.5, 0.6) is 0 Å². The minimum Gasteiger partial charge on any atom is -0.361 e. The Labute approximate surface area is 162 Å². The number of rotatable bonds is 4. The topological polar surface area (TPSA) is 92.5 Å². The van der Waals surface area contributed by atoms with E-state index < -0.39 is 9.84 Å². The van der Waals surface area contributed by atoms with Crippen LogP contribution in [0, 0.1) is 13.8 Å². The molecule has 1 fully saturated rings. The first-order chi connectivity index (χ1) is 12.8. The van der Waals surface area contributed by atoms with Crippen molar-refractivity contribution in [3.8, 4) is 0 Å². The summed E-state index contributed by atoms with van der Waals surface area (Å²) in [5.74, 6) is 0.928. The maximum absolute atomic E-state index is 12.6. The van der Waals surface area contributed by atoms with Gasteiger partial charge < -0.3 is 9.84 Å². The average molecular weight is 410 g/mol. The highest BCUT2D eigenvalue weighted by molar-refractivity contribution is 7.91. The van der Waals surface area contributed by atoms with Crippen molar-refractivity contribution in [1.82, 2.24) is 15.4 Å². The van der Waals surface area contributed by atoms with Gasteiger partial charge in [0.05, 0.1) is 22.8 Å². The predicted molar refractivity (Wildman–Crippen MR) is 103 cm³/mol. The minimum absolute atomic E-state index is 0.0519. The summed E-state index contributed by atoms with van der Waals surface area (Å²) in [5.41, 5.74) is 3.87. The summed E-state index contributed by atoms with van der Waals surface area (Å²) >= 11 is 1.60. The monoisotopic (exact) mass is 409 g/mol. The van der Waals surface area contributed by atoms with Crippen molar-refractivity contribution in [1.29, 1.82) is 0 Å². The Morgan fingerprint density at radius 3 is 2.93 bits per heavy atom. The lowest BCUT2D eigenvalue weighted by Gasteiger charge is -2.27. The summed E-state index contributed by atoms with van der Waals surface area (Å²) in [5, 5.41) is 8.83. The van der Waals surface area contributed by atoms with Gasteiger partial charge >= 0.3 is 0 Å². The van der Waals surface area contributed by atoms with Crippen LogP contribution in [0.15, 0.2) is 9.90 Å². The molecule has 2 aliphatic rings. The SMILES string of the molecule is Cc1noc(C)c1CN1CCc2c(C(=O)NC3CCS(=O)(=O)C3)csc2C1. The second-order valence-corrected chi connectivity index (χ2v) is 10.6. The summed E-state index contributed by atoms with van der Waals surface area (Å²) in [7, 11) is -3.00. The first-order valence-electron chi connectivity index (χ1n) is 9.07. The first-order valence-corrected chi connectivity index (χ1v) is 11.8. The largest absolute Gasteiger partial charge is 0.361 e. The fraction of sp³-hybridized carbons (Fsp3) is 0.556. The minimum atomic E-state index is -3.00. The number of aryl methyl sites for hydroxylation is 2. The van der Waals surface area contributed by atoms with Crippen molar-refractivity contribution >= 4 is 27.1 Å². The zero-order valence-electron chi connectivity index (χ0n) is 15.4. The molecule has 0 radical (unpaired) electrons. The molecule has 4 rings (SSSR count). The van der Waals surface area contributed by atoms with Crippen molar-refractivity contribution in [3.05, 3.63) is 38.4 Å². The number of sulfone groups is 1. The molecule has 1 amide bonds. The smallest absolute Gasteiger partial charge is 0.252 e. The highest BCUT2D eigenvalue weighted by Gasteiger charge is 2.31. The normalized spacial score (nSPS) is 21.9. The molecule has 7 nitrogen and oxygen atoms in total. The number of aromatic nitrogens is 1. The number of thiophene rings is 1. The van der Waals surface area contributed by atoms with Crippen LogP contribution in [-0.2, 0) is 29.3 Å². The van der Waals surface area contributed by atoms with Gasteiger partial charge in [0, 0.05) is 41.5 Å². The number of nitrogens with one attached hydrogen (secondary N) is 1. The number of hydrogen-bond acceptors (Lipinski definition) is 7. The van der Waals surface area contributed by atoms with Crippen LogP contribution < -0.4 is 5.32 Å². The number of fused-ring (bicyclic) bond motifs is 1. The molecule has 9 heteroatoms. The fourth-order valence-electron chi connectivity index (χ4n) is 3.83. The van der Waals surface area contributed by atoms with Crippen LogP contribution >= 0.6 is 11.3 Å². The molecule has 1 N–H and O–H groups in total. The Hall–Kier alpha value is -1.71. The lowest BCUT2D eigenvalue weighted by Crippen LogP contribution is -2.36. The van der Waals surface area contributed by atoms with Crippen LogP contribution in [-0.4, -0.2) is 48.5 Å². The maximum Gasteiger partial charge on any atom is 0.252 e. The van der Waals surface area contributed by atoms with Crippen LogP contribution in [0.25, 0.3) is 0 Å². The molecule has 2 aliphatic heterocycles. The maximum atomic E-state index is 12.6. The van der Waals surface area contributed by atoms with Crippen LogP contribution in [0.2, 0.25) is 0 Å². The third-order valence-corrected chi connectivity index (χ3v) is 8.18. The van der Waals surface area contributed by atoms with E-state index in [2.05, 4.69) is 15.4 Å². The molecule has 146 valence electrons. The summed E-state index contributed by atoms with van der Waals surface area (Å²) in [6.07, 6.45) is 1.32. The van der Waals surface area contributed by atoms with E-state index >= 15 is 0 Å². The third kappa shape index (κ3) is 3.81. The van der Waals surface area contributed by atoms with E-state index in [-0.39, 0.29) is 23.5 Å². The molecule has 1 saturated heterocycles. The van der Waals surface area contributed by atoms with E-state index in [0.717, 1.165) is 48.6 Å². The molecule has 2 aromatic heterocycles. The summed E-state index contributed by atoms with van der Waals surface area (Å²) in [6.45, 7) is 6.35. The molecule has 0 spiro atoms. The molecule has 2 aromatic rings. The first kappa shape index (κ1) is 18.6. The molecule has 0 saturated carbocycles. The standard InChI is InChI=1S/C18H23N3O4S2/c1-11-15(12(2)25-20-11)7-21-5-3-14-16(9-26-17(14)8-21)18(22)19-13-4-6-27(23,24)10-13/h9,13H,3-8,10H2,1-2H3,(H,19,22). The molecule has 1 atom stereocenters. The predicted octanol–water partition coefficient (Wildman–Crippen LogP) is 1.83. The summed E-state index contributed by atoms with van der Waals surface area (Å²) < 4.78 is 28.4. The van der Waals surface area contributed by atoms with Gasteiger partial charge in [-0.2, -0.15) is 0 Å². The Morgan fingerprint density at radius 2 is 2.26 bits per heavy atom. The van der Waals surface area contributed by atoms with Gasteiger partial charge in [0.1, 0.15) is 5.76 Å². The van der Waals surface area contributed by atoms with Crippen molar-refractivity contribution in [2.24, 2.45) is 0 Å². The zero-order chi connectivity index (χ0) is 19.2. The highest BCUT2D eigenvalue weighted by atomic mass is 32.2. The van der Waals surface area contributed by atoms with Gasteiger partial charge in [-0.05, 0) is 32.3 Å². The summed E-state index contributed by atoms with van der Waals surface area (Å²) in [4.78, 5) is 16.2. The second kappa shape index (κ2) is 7.03. The van der Waals surface area contributed by atoms with E-state index in [1.807, 2.05) is 19.2 Å². The molecule has 0 aliphatic carbocycles. The quantitative estimate of drug-likeness (QED) is 0.828. The van der Waals surface area contributed by atoms with E-state index in [1.54, 1.807) is 11.3 Å². The fourth-order valence-corrected chi connectivity index (χ4v) is 6.62. The van der Waals surface area contributed by atoms with Gasteiger partial charge in [0.2, 0.25) is 0 Å².